The molecule has 1 saturated heterocycles. The second-order valence-electron chi connectivity index (χ2n) is 4.92. The molecule has 3 rings (SSSR count). The number of aromatic nitrogens is 1. The van der Waals surface area contributed by atoms with E-state index in [4.69, 9.17) is 16.6 Å². The predicted octanol–water partition coefficient (Wildman–Crippen LogP) is 3.88. The van der Waals surface area contributed by atoms with E-state index in [-0.39, 0.29) is 0 Å². The van der Waals surface area contributed by atoms with Gasteiger partial charge in [-0.1, -0.05) is 18.5 Å². The van der Waals surface area contributed by atoms with Crippen LogP contribution in [0, 0.1) is 0 Å². The molecule has 2 aromatic rings. The lowest BCUT2D eigenvalue weighted by atomic mass is 10.1. The predicted molar refractivity (Wildman–Crippen MR) is 87.9 cm³/mol. The summed E-state index contributed by atoms with van der Waals surface area (Å²) >= 11 is 9.34. The smallest absolute Gasteiger partial charge is 0.110 e. The van der Waals surface area contributed by atoms with Crippen molar-refractivity contribution < 1.29 is 0 Å². The highest BCUT2D eigenvalue weighted by atomic mass is 35.5. The Kier molecular flexibility index (Phi) is 4.73. The Morgan fingerprint density at radius 2 is 2.15 bits per heavy atom. The van der Waals surface area contributed by atoms with Gasteiger partial charge >= 0.3 is 0 Å². The summed E-state index contributed by atoms with van der Waals surface area (Å²) in [6.45, 7) is 6.62. The maximum atomic E-state index is 6.01. The number of hydrogen-bond donors (Lipinski definition) is 1. The zero-order chi connectivity index (χ0) is 13.9. The Balaban J connectivity index is 1.80. The largest absolute Gasteiger partial charge is 0.314 e. The van der Waals surface area contributed by atoms with Crippen LogP contribution in [-0.2, 0) is 0 Å². The lowest BCUT2D eigenvalue weighted by Crippen LogP contribution is -2.45. The quantitative estimate of drug-likeness (QED) is 0.923. The average molecular weight is 328 g/mol. The van der Waals surface area contributed by atoms with Crippen LogP contribution in [0.5, 0.6) is 0 Å². The highest BCUT2D eigenvalue weighted by Crippen LogP contribution is 2.33. The van der Waals surface area contributed by atoms with Crippen molar-refractivity contribution in [2.24, 2.45) is 0 Å². The molecule has 0 aromatic carbocycles. The molecular formula is C14H18ClN3S2. The molecule has 0 aliphatic carbocycles. The Labute approximate surface area is 132 Å². The first-order valence-electron chi connectivity index (χ1n) is 6.92. The summed E-state index contributed by atoms with van der Waals surface area (Å²) in [5.74, 6) is 0. The molecule has 1 unspecified atom stereocenters. The van der Waals surface area contributed by atoms with E-state index in [1.165, 1.54) is 5.01 Å². The monoisotopic (exact) mass is 327 g/mol. The van der Waals surface area contributed by atoms with Crippen LogP contribution in [0.25, 0.3) is 11.3 Å². The van der Waals surface area contributed by atoms with Gasteiger partial charge in [-0.05, 0) is 12.5 Å². The number of rotatable bonds is 4. The van der Waals surface area contributed by atoms with Crippen LogP contribution in [0.15, 0.2) is 16.8 Å². The topological polar surface area (TPSA) is 28.2 Å². The van der Waals surface area contributed by atoms with Crippen LogP contribution in [0.1, 0.15) is 24.4 Å². The SMILES string of the molecule is CCC(c1nc(-c2csc(Cl)c2)cs1)N1CCNCC1. The van der Waals surface area contributed by atoms with E-state index in [2.05, 4.69) is 27.9 Å². The van der Waals surface area contributed by atoms with Gasteiger partial charge in [0.1, 0.15) is 5.01 Å². The number of nitrogens with zero attached hydrogens (tertiary/aromatic N) is 2. The average Bonchev–Trinajstić information content (AvgIpc) is 3.10. The van der Waals surface area contributed by atoms with E-state index in [1.807, 2.05) is 6.07 Å². The van der Waals surface area contributed by atoms with Crippen molar-refractivity contribution in [2.45, 2.75) is 19.4 Å². The first kappa shape index (κ1) is 14.5. The maximum Gasteiger partial charge on any atom is 0.110 e. The van der Waals surface area contributed by atoms with E-state index in [0.717, 1.165) is 48.2 Å². The molecule has 1 aliphatic rings. The van der Waals surface area contributed by atoms with E-state index < -0.39 is 0 Å². The fourth-order valence-corrected chi connectivity index (χ4v) is 4.52. The number of thiazole rings is 1. The summed E-state index contributed by atoms with van der Waals surface area (Å²) in [4.78, 5) is 7.39. The van der Waals surface area contributed by atoms with Crippen molar-refractivity contribution >= 4 is 34.3 Å². The molecule has 0 amide bonds. The van der Waals surface area contributed by atoms with Gasteiger partial charge in [0.25, 0.3) is 0 Å². The Bertz CT molecular complexity index is 560. The van der Waals surface area contributed by atoms with Gasteiger partial charge in [0, 0.05) is 42.5 Å². The van der Waals surface area contributed by atoms with Crippen molar-refractivity contribution in [3.8, 4) is 11.3 Å². The second-order valence-corrected chi connectivity index (χ2v) is 7.35. The molecule has 3 heterocycles. The zero-order valence-corrected chi connectivity index (χ0v) is 13.8. The van der Waals surface area contributed by atoms with Crippen molar-refractivity contribution in [1.82, 2.24) is 15.2 Å². The molecule has 6 heteroatoms. The van der Waals surface area contributed by atoms with Gasteiger partial charge in [-0.2, -0.15) is 0 Å². The van der Waals surface area contributed by atoms with Gasteiger partial charge in [-0.15, -0.1) is 22.7 Å². The third kappa shape index (κ3) is 3.07. The molecule has 108 valence electrons. The fraction of sp³-hybridized carbons (Fsp3) is 0.500. The van der Waals surface area contributed by atoms with Gasteiger partial charge in [0.2, 0.25) is 0 Å². The van der Waals surface area contributed by atoms with Gasteiger partial charge in [-0.3, -0.25) is 4.90 Å². The lowest BCUT2D eigenvalue weighted by molar-refractivity contribution is 0.169. The molecule has 1 atom stereocenters. The Morgan fingerprint density at radius 3 is 2.80 bits per heavy atom. The van der Waals surface area contributed by atoms with Crippen molar-refractivity contribution in [1.29, 1.82) is 0 Å². The first-order chi connectivity index (χ1) is 9.78. The Morgan fingerprint density at radius 1 is 1.35 bits per heavy atom. The summed E-state index contributed by atoms with van der Waals surface area (Å²) in [5.41, 5.74) is 2.19. The maximum absolute atomic E-state index is 6.01. The zero-order valence-electron chi connectivity index (χ0n) is 11.4. The van der Waals surface area contributed by atoms with Crippen LogP contribution >= 0.6 is 34.3 Å². The number of halogens is 1. The van der Waals surface area contributed by atoms with Crippen LogP contribution < -0.4 is 5.32 Å². The van der Waals surface area contributed by atoms with Gasteiger partial charge in [0.15, 0.2) is 0 Å². The summed E-state index contributed by atoms with van der Waals surface area (Å²) in [7, 11) is 0. The highest BCUT2D eigenvalue weighted by Gasteiger charge is 2.23. The van der Waals surface area contributed by atoms with E-state index in [1.54, 1.807) is 22.7 Å². The molecule has 20 heavy (non-hydrogen) atoms. The summed E-state index contributed by atoms with van der Waals surface area (Å²) < 4.78 is 0.823. The molecular weight excluding hydrogens is 310 g/mol. The minimum atomic E-state index is 0.449. The number of nitrogens with one attached hydrogen (secondary N) is 1. The van der Waals surface area contributed by atoms with Crippen LogP contribution in [-0.4, -0.2) is 36.1 Å². The van der Waals surface area contributed by atoms with E-state index in [9.17, 15) is 0 Å². The molecule has 1 fully saturated rings. The number of piperazine rings is 1. The van der Waals surface area contributed by atoms with Gasteiger partial charge in [0.05, 0.1) is 16.1 Å². The minimum Gasteiger partial charge on any atom is -0.314 e. The van der Waals surface area contributed by atoms with Crippen molar-refractivity contribution in [3.63, 3.8) is 0 Å². The van der Waals surface area contributed by atoms with Crippen LogP contribution in [0.3, 0.4) is 0 Å². The first-order valence-corrected chi connectivity index (χ1v) is 9.06. The summed E-state index contributed by atoms with van der Waals surface area (Å²) in [6.07, 6.45) is 1.11. The Hall–Kier alpha value is -0.460. The molecule has 1 N–H and O–H groups in total. The van der Waals surface area contributed by atoms with Crippen LogP contribution in [0.2, 0.25) is 4.34 Å². The van der Waals surface area contributed by atoms with E-state index >= 15 is 0 Å². The normalized spacial score (nSPS) is 18.3. The lowest BCUT2D eigenvalue weighted by Gasteiger charge is -2.33. The van der Waals surface area contributed by atoms with E-state index in [0.29, 0.717) is 6.04 Å². The van der Waals surface area contributed by atoms with Gasteiger partial charge in [-0.25, -0.2) is 4.98 Å². The minimum absolute atomic E-state index is 0.449. The highest BCUT2D eigenvalue weighted by molar-refractivity contribution is 7.14. The summed E-state index contributed by atoms with van der Waals surface area (Å²) in [6, 6.07) is 2.45. The molecule has 3 nitrogen and oxygen atoms in total. The molecule has 0 radical (unpaired) electrons. The number of thiophene rings is 1. The molecule has 2 aromatic heterocycles. The second kappa shape index (κ2) is 6.54. The van der Waals surface area contributed by atoms with Gasteiger partial charge < -0.3 is 5.32 Å². The van der Waals surface area contributed by atoms with Crippen molar-refractivity contribution in [2.75, 3.05) is 26.2 Å². The molecule has 0 spiro atoms. The molecule has 0 saturated carbocycles. The molecule has 1 aliphatic heterocycles. The fourth-order valence-electron chi connectivity index (χ4n) is 2.60. The summed E-state index contributed by atoms with van der Waals surface area (Å²) in [5, 5.41) is 8.86. The third-order valence-electron chi connectivity index (χ3n) is 3.65. The van der Waals surface area contributed by atoms with Crippen molar-refractivity contribution in [3.05, 3.63) is 26.2 Å². The number of hydrogen-bond acceptors (Lipinski definition) is 5. The van der Waals surface area contributed by atoms with Crippen LogP contribution in [0.4, 0.5) is 0 Å². The molecule has 0 bridgehead atoms. The third-order valence-corrected chi connectivity index (χ3v) is 5.69. The standard InChI is InChI=1S/C14H18ClN3S2/c1-2-12(18-5-3-16-4-6-18)14-17-11(9-20-14)10-7-13(15)19-8-10/h7-9,12,16H,2-6H2,1H3.